The van der Waals surface area contributed by atoms with Gasteiger partial charge in [-0.2, -0.15) is 0 Å². The van der Waals surface area contributed by atoms with Crippen molar-refractivity contribution < 1.29 is 4.74 Å². The Morgan fingerprint density at radius 1 is 1.35 bits per heavy atom. The zero-order valence-electron chi connectivity index (χ0n) is 13.2. The summed E-state index contributed by atoms with van der Waals surface area (Å²) in [6.45, 7) is 11.3. The number of rotatable bonds is 4. The van der Waals surface area contributed by atoms with E-state index in [2.05, 4.69) is 62.9 Å². The van der Waals surface area contributed by atoms with Gasteiger partial charge in [-0.3, -0.25) is 4.90 Å². The van der Waals surface area contributed by atoms with E-state index in [1.165, 1.54) is 5.56 Å². The Hall–Kier alpha value is -0.900. The molecule has 3 nitrogen and oxygen atoms in total. The summed E-state index contributed by atoms with van der Waals surface area (Å²) in [5.74, 6) is 0.433. The van der Waals surface area contributed by atoms with Gasteiger partial charge in [-0.05, 0) is 32.3 Å². The van der Waals surface area contributed by atoms with Gasteiger partial charge in [0.1, 0.15) is 0 Å². The molecule has 3 atom stereocenters. The van der Waals surface area contributed by atoms with Gasteiger partial charge < -0.3 is 10.5 Å². The topological polar surface area (TPSA) is 38.5 Å². The van der Waals surface area contributed by atoms with E-state index >= 15 is 0 Å². The van der Waals surface area contributed by atoms with Crippen LogP contribution < -0.4 is 5.73 Å². The summed E-state index contributed by atoms with van der Waals surface area (Å²) in [6.07, 6.45) is 0.260. The van der Waals surface area contributed by atoms with Crippen LogP contribution in [0.25, 0.3) is 0 Å². The van der Waals surface area contributed by atoms with Gasteiger partial charge >= 0.3 is 0 Å². The van der Waals surface area contributed by atoms with Crippen molar-refractivity contribution in [2.24, 2.45) is 5.73 Å². The number of nitrogens with two attached hydrogens (primary N) is 1. The second-order valence-corrected chi connectivity index (χ2v) is 6.62. The molecule has 0 amide bonds. The lowest BCUT2D eigenvalue weighted by Crippen LogP contribution is -2.57. The maximum Gasteiger partial charge on any atom is 0.0757 e. The number of nitrogens with zero attached hydrogens (tertiary/aromatic N) is 1. The summed E-state index contributed by atoms with van der Waals surface area (Å²) >= 11 is 0. The van der Waals surface area contributed by atoms with Crippen molar-refractivity contribution >= 4 is 0 Å². The second kappa shape index (κ2) is 6.25. The van der Waals surface area contributed by atoms with E-state index in [-0.39, 0.29) is 11.7 Å². The summed E-state index contributed by atoms with van der Waals surface area (Å²) in [6, 6.07) is 11.0. The van der Waals surface area contributed by atoms with Crippen molar-refractivity contribution in [3.63, 3.8) is 0 Å². The number of morpholine rings is 1. The van der Waals surface area contributed by atoms with Crippen LogP contribution in [0.2, 0.25) is 0 Å². The predicted octanol–water partition coefficient (Wildman–Crippen LogP) is 2.62. The van der Waals surface area contributed by atoms with E-state index in [1.54, 1.807) is 0 Å². The molecule has 3 heteroatoms. The summed E-state index contributed by atoms with van der Waals surface area (Å²) in [5, 5.41) is 0. The molecule has 1 aromatic carbocycles. The molecule has 0 aliphatic carbocycles. The smallest absolute Gasteiger partial charge is 0.0757 e. The molecule has 0 bridgehead atoms. The maximum atomic E-state index is 6.09. The molecule has 1 aromatic rings. The minimum absolute atomic E-state index is 0.0957. The first-order chi connectivity index (χ1) is 9.43. The molecule has 0 spiro atoms. The van der Waals surface area contributed by atoms with Gasteiger partial charge in [0.15, 0.2) is 0 Å². The first kappa shape index (κ1) is 15.5. The molecule has 3 unspecified atom stereocenters. The number of benzene rings is 1. The molecule has 0 radical (unpaired) electrons. The monoisotopic (exact) mass is 276 g/mol. The van der Waals surface area contributed by atoms with Gasteiger partial charge in [0.2, 0.25) is 0 Å². The van der Waals surface area contributed by atoms with Crippen molar-refractivity contribution in [2.45, 2.75) is 51.4 Å². The molecule has 1 fully saturated rings. The van der Waals surface area contributed by atoms with Gasteiger partial charge in [0, 0.05) is 25.7 Å². The Labute approximate surface area is 123 Å². The van der Waals surface area contributed by atoms with Crippen LogP contribution in [0.5, 0.6) is 0 Å². The standard InChI is InChI=1S/C17H28N2O/c1-13-11-19(12-17(3,4)20-13)16(10-18)14(2)15-8-6-5-7-9-15/h5-9,13-14,16H,10-12,18H2,1-4H3. The van der Waals surface area contributed by atoms with Gasteiger partial charge in [0.05, 0.1) is 11.7 Å². The Morgan fingerprint density at radius 2 is 2.00 bits per heavy atom. The van der Waals surface area contributed by atoms with E-state index in [0.29, 0.717) is 18.5 Å². The molecule has 2 N–H and O–H groups in total. The highest BCUT2D eigenvalue weighted by atomic mass is 16.5. The van der Waals surface area contributed by atoms with E-state index < -0.39 is 0 Å². The second-order valence-electron chi connectivity index (χ2n) is 6.62. The SMILES string of the molecule is CC1CN(C(CN)C(C)c2ccccc2)CC(C)(C)O1. The third-order valence-electron chi connectivity index (χ3n) is 4.21. The molecule has 112 valence electrons. The lowest BCUT2D eigenvalue weighted by molar-refractivity contribution is -0.138. The Balaban J connectivity index is 2.15. The molecular formula is C17H28N2O. The van der Waals surface area contributed by atoms with Crippen molar-refractivity contribution in [3.8, 4) is 0 Å². The van der Waals surface area contributed by atoms with Crippen LogP contribution in [0, 0.1) is 0 Å². The molecule has 2 rings (SSSR count). The lowest BCUT2D eigenvalue weighted by atomic mass is 9.90. The molecule has 1 aliphatic heterocycles. The Morgan fingerprint density at radius 3 is 2.55 bits per heavy atom. The zero-order valence-corrected chi connectivity index (χ0v) is 13.2. The fraction of sp³-hybridized carbons (Fsp3) is 0.647. The van der Waals surface area contributed by atoms with Crippen molar-refractivity contribution in [2.75, 3.05) is 19.6 Å². The van der Waals surface area contributed by atoms with E-state index in [4.69, 9.17) is 10.5 Å². The van der Waals surface area contributed by atoms with E-state index in [9.17, 15) is 0 Å². The normalized spacial score (nSPS) is 26.1. The number of ether oxygens (including phenoxy) is 1. The van der Waals surface area contributed by atoms with Gasteiger partial charge in [-0.1, -0.05) is 37.3 Å². The highest BCUT2D eigenvalue weighted by Crippen LogP contribution is 2.28. The van der Waals surface area contributed by atoms with Crippen LogP contribution in [0.15, 0.2) is 30.3 Å². The van der Waals surface area contributed by atoms with Crippen LogP contribution in [0.1, 0.15) is 39.2 Å². The van der Waals surface area contributed by atoms with Crippen LogP contribution in [0.4, 0.5) is 0 Å². The van der Waals surface area contributed by atoms with Crippen LogP contribution in [-0.4, -0.2) is 42.3 Å². The molecule has 0 aromatic heterocycles. The van der Waals surface area contributed by atoms with Crippen molar-refractivity contribution in [1.29, 1.82) is 0 Å². The fourth-order valence-electron chi connectivity index (χ4n) is 3.40. The molecule has 0 saturated carbocycles. The van der Waals surface area contributed by atoms with Gasteiger partial charge in [-0.25, -0.2) is 0 Å². The molecule has 20 heavy (non-hydrogen) atoms. The Bertz CT molecular complexity index is 418. The van der Waals surface area contributed by atoms with E-state index in [1.807, 2.05) is 0 Å². The first-order valence-corrected chi connectivity index (χ1v) is 7.60. The first-order valence-electron chi connectivity index (χ1n) is 7.60. The number of hydrogen-bond acceptors (Lipinski definition) is 3. The number of hydrogen-bond donors (Lipinski definition) is 1. The largest absolute Gasteiger partial charge is 0.370 e. The highest BCUT2D eigenvalue weighted by molar-refractivity contribution is 5.21. The molecular weight excluding hydrogens is 248 g/mol. The maximum absolute atomic E-state index is 6.09. The predicted molar refractivity (Wildman–Crippen MR) is 83.9 cm³/mol. The third kappa shape index (κ3) is 3.60. The third-order valence-corrected chi connectivity index (χ3v) is 4.21. The van der Waals surface area contributed by atoms with Crippen molar-refractivity contribution in [3.05, 3.63) is 35.9 Å². The summed E-state index contributed by atoms with van der Waals surface area (Å²) in [4.78, 5) is 2.51. The van der Waals surface area contributed by atoms with Gasteiger partial charge in [0.25, 0.3) is 0 Å². The van der Waals surface area contributed by atoms with Gasteiger partial charge in [-0.15, -0.1) is 0 Å². The fourth-order valence-corrected chi connectivity index (χ4v) is 3.40. The summed E-state index contributed by atoms with van der Waals surface area (Å²) < 4.78 is 6.00. The highest BCUT2D eigenvalue weighted by Gasteiger charge is 2.36. The van der Waals surface area contributed by atoms with Crippen LogP contribution in [-0.2, 0) is 4.74 Å². The van der Waals surface area contributed by atoms with E-state index in [0.717, 1.165) is 13.1 Å². The Kier molecular flexibility index (Phi) is 4.84. The van der Waals surface area contributed by atoms with Crippen LogP contribution >= 0.6 is 0 Å². The lowest BCUT2D eigenvalue weighted by Gasteiger charge is -2.46. The minimum atomic E-state index is -0.0957. The van der Waals surface area contributed by atoms with Crippen molar-refractivity contribution in [1.82, 2.24) is 4.90 Å². The molecule has 1 aliphatic rings. The van der Waals surface area contributed by atoms with Crippen LogP contribution in [0.3, 0.4) is 0 Å². The molecule has 1 saturated heterocycles. The molecule has 1 heterocycles. The quantitative estimate of drug-likeness (QED) is 0.918. The summed E-state index contributed by atoms with van der Waals surface area (Å²) in [5.41, 5.74) is 7.36. The zero-order chi connectivity index (χ0) is 14.8. The summed E-state index contributed by atoms with van der Waals surface area (Å²) in [7, 11) is 0. The minimum Gasteiger partial charge on any atom is -0.370 e. The average molecular weight is 276 g/mol. The average Bonchev–Trinajstić information content (AvgIpc) is 2.38.